The number of alkyl halides is 3. The lowest BCUT2D eigenvalue weighted by atomic mass is 10.1. The zero-order valence-electron chi connectivity index (χ0n) is 7.56. The molecule has 1 aliphatic heterocycles. The Morgan fingerprint density at radius 3 is 2.73 bits per heavy atom. The molecule has 0 saturated carbocycles. The predicted molar refractivity (Wildman–Crippen MR) is 46.7 cm³/mol. The number of pyridine rings is 1. The molecule has 1 aromatic rings. The van der Waals surface area contributed by atoms with E-state index in [-0.39, 0.29) is 17.2 Å². The molecule has 0 aromatic carbocycles. The van der Waals surface area contributed by atoms with Crippen molar-refractivity contribution in [3.63, 3.8) is 0 Å². The number of nitrogens with one attached hydrogen (secondary N) is 1. The largest absolute Gasteiger partial charge is 0.433 e. The summed E-state index contributed by atoms with van der Waals surface area (Å²) >= 11 is 0. The average Bonchev–Trinajstić information content (AvgIpc) is 2.16. The van der Waals surface area contributed by atoms with Gasteiger partial charge in [0.2, 0.25) is 0 Å². The summed E-state index contributed by atoms with van der Waals surface area (Å²) in [5, 5.41) is 2.67. The first-order chi connectivity index (χ1) is 6.98. The lowest BCUT2D eigenvalue weighted by molar-refractivity contribution is -0.141. The minimum absolute atomic E-state index is 0.0288. The number of nitrogens with zero attached hydrogens (tertiary/aromatic N) is 1. The molecule has 0 unspecified atom stereocenters. The number of hydrogen-bond acceptors (Lipinski definition) is 3. The molecule has 1 aliphatic rings. The third kappa shape index (κ3) is 1.79. The van der Waals surface area contributed by atoms with Gasteiger partial charge in [-0.1, -0.05) is 0 Å². The van der Waals surface area contributed by atoms with Crippen LogP contribution in [-0.2, 0) is 6.18 Å². The molecule has 0 atom stereocenters. The van der Waals surface area contributed by atoms with E-state index in [0.717, 1.165) is 6.07 Å². The Morgan fingerprint density at radius 2 is 2.07 bits per heavy atom. The van der Waals surface area contributed by atoms with Crippen LogP contribution >= 0.6 is 0 Å². The van der Waals surface area contributed by atoms with E-state index in [1.165, 1.54) is 6.07 Å². The van der Waals surface area contributed by atoms with Crippen molar-refractivity contribution in [2.75, 3.05) is 11.9 Å². The van der Waals surface area contributed by atoms with Gasteiger partial charge in [-0.2, -0.15) is 13.2 Å². The highest BCUT2D eigenvalue weighted by Gasteiger charge is 2.33. The number of ketones is 1. The van der Waals surface area contributed by atoms with E-state index < -0.39 is 11.9 Å². The summed E-state index contributed by atoms with van der Waals surface area (Å²) in [6, 6.07) is 1.99. The van der Waals surface area contributed by atoms with Gasteiger partial charge in [-0.05, 0) is 12.1 Å². The normalized spacial score (nSPS) is 15.8. The van der Waals surface area contributed by atoms with E-state index in [4.69, 9.17) is 0 Å². The Kier molecular flexibility index (Phi) is 2.13. The van der Waals surface area contributed by atoms with E-state index in [0.29, 0.717) is 13.0 Å². The fourth-order valence-electron chi connectivity index (χ4n) is 1.41. The molecule has 2 rings (SSSR count). The van der Waals surface area contributed by atoms with Crippen LogP contribution in [0.3, 0.4) is 0 Å². The maximum absolute atomic E-state index is 12.3. The number of Topliss-reactive ketones (excluding diaryl/α,β-unsaturated/α-hetero) is 1. The standard InChI is InChI=1S/C9H7F3N2O/c10-9(11,12)7-2-1-5-6(15)3-4-13-8(5)14-7/h1-2H,3-4H2,(H,13,14). The minimum Gasteiger partial charge on any atom is -0.369 e. The lowest BCUT2D eigenvalue weighted by Crippen LogP contribution is -2.21. The van der Waals surface area contributed by atoms with Gasteiger partial charge in [-0.25, -0.2) is 4.98 Å². The summed E-state index contributed by atoms with van der Waals surface area (Å²) in [6.07, 6.45) is -4.18. The number of fused-ring (bicyclic) bond motifs is 1. The van der Waals surface area contributed by atoms with Gasteiger partial charge in [0, 0.05) is 13.0 Å². The SMILES string of the molecule is O=C1CCNc2nc(C(F)(F)F)ccc21. The van der Waals surface area contributed by atoms with Crippen molar-refractivity contribution in [3.05, 3.63) is 23.4 Å². The second-order valence-corrected chi connectivity index (χ2v) is 3.19. The van der Waals surface area contributed by atoms with Gasteiger partial charge in [0.1, 0.15) is 11.5 Å². The van der Waals surface area contributed by atoms with Crippen molar-refractivity contribution >= 4 is 11.6 Å². The molecule has 0 radical (unpaired) electrons. The van der Waals surface area contributed by atoms with Crippen LogP contribution in [0.2, 0.25) is 0 Å². The van der Waals surface area contributed by atoms with Crippen molar-refractivity contribution in [1.29, 1.82) is 0 Å². The molecule has 2 heterocycles. The van der Waals surface area contributed by atoms with Gasteiger partial charge in [0.15, 0.2) is 5.78 Å². The number of carbonyl (C=O) groups is 1. The van der Waals surface area contributed by atoms with E-state index in [9.17, 15) is 18.0 Å². The van der Waals surface area contributed by atoms with Crippen LogP contribution in [0.25, 0.3) is 0 Å². The fourth-order valence-corrected chi connectivity index (χ4v) is 1.41. The van der Waals surface area contributed by atoms with Gasteiger partial charge in [0.05, 0.1) is 5.56 Å². The summed E-state index contributed by atoms with van der Waals surface area (Å²) in [5.41, 5.74) is -0.752. The van der Waals surface area contributed by atoms with Crippen molar-refractivity contribution in [2.45, 2.75) is 12.6 Å². The number of rotatable bonds is 0. The van der Waals surface area contributed by atoms with Crippen LogP contribution in [0.15, 0.2) is 12.1 Å². The van der Waals surface area contributed by atoms with Crippen LogP contribution in [0, 0.1) is 0 Å². The first-order valence-corrected chi connectivity index (χ1v) is 4.34. The van der Waals surface area contributed by atoms with Gasteiger partial charge in [-0.3, -0.25) is 4.79 Å². The molecular weight excluding hydrogens is 209 g/mol. The van der Waals surface area contributed by atoms with Crippen LogP contribution in [0.4, 0.5) is 19.0 Å². The summed E-state index contributed by atoms with van der Waals surface area (Å²) in [4.78, 5) is 14.7. The highest BCUT2D eigenvalue weighted by atomic mass is 19.4. The third-order valence-electron chi connectivity index (χ3n) is 2.13. The summed E-state index contributed by atoms with van der Waals surface area (Å²) in [5.74, 6) is -0.147. The Balaban J connectivity index is 2.46. The predicted octanol–water partition coefficient (Wildman–Crippen LogP) is 2.10. The molecular formula is C9H7F3N2O. The highest BCUT2D eigenvalue weighted by molar-refractivity contribution is 6.02. The van der Waals surface area contributed by atoms with Crippen molar-refractivity contribution < 1.29 is 18.0 Å². The number of aromatic nitrogens is 1. The van der Waals surface area contributed by atoms with E-state index in [1.54, 1.807) is 0 Å². The Hall–Kier alpha value is -1.59. The average molecular weight is 216 g/mol. The molecule has 15 heavy (non-hydrogen) atoms. The quantitative estimate of drug-likeness (QED) is 0.722. The molecule has 6 heteroatoms. The van der Waals surface area contributed by atoms with Crippen molar-refractivity contribution in [1.82, 2.24) is 4.98 Å². The minimum atomic E-state index is -4.47. The topological polar surface area (TPSA) is 42.0 Å². The number of anilines is 1. The zero-order valence-corrected chi connectivity index (χ0v) is 7.56. The highest BCUT2D eigenvalue weighted by Crippen LogP contribution is 2.30. The Labute approximate surface area is 83.3 Å². The van der Waals surface area contributed by atoms with Crippen molar-refractivity contribution in [3.8, 4) is 0 Å². The molecule has 3 nitrogen and oxygen atoms in total. The molecule has 0 amide bonds. The van der Waals surface area contributed by atoms with Gasteiger partial charge < -0.3 is 5.32 Å². The molecule has 0 saturated heterocycles. The molecule has 0 bridgehead atoms. The number of halogens is 3. The Morgan fingerprint density at radius 1 is 1.33 bits per heavy atom. The first kappa shape index (κ1) is 9.95. The molecule has 0 fully saturated rings. The Bertz CT molecular complexity index is 414. The van der Waals surface area contributed by atoms with E-state index in [2.05, 4.69) is 10.3 Å². The second kappa shape index (κ2) is 3.22. The maximum atomic E-state index is 12.3. The summed E-state index contributed by atoms with van der Waals surface area (Å²) in [6.45, 7) is 0.333. The fraction of sp³-hybridized carbons (Fsp3) is 0.333. The van der Waals surface area contributed by atoms with Gasteiger partial charge in [-0.15, -0.1) is 0 Å². The van der Waals surface area contributed by atoms with Crippen LogP contribution in [0.1, 0.15) is 22.5 Å². The van der Waals surface area contributed by atoms with Gasteiger partial charge in [0.25, 0.3) is 0 Å². The second-order valence-electron chi connectivity index (χ2n) is 3.19. The van der Waals surface area contributed by atoms with Crippen LogP contribution in [0.5, 0.6) is 0 Å². The molecule has 0 spiro atoms. The number of hydrogen-bond donors (Lipinski definition) is 1. The monoisotopic (exact) mass is 216 g/mol. The van der Waals surface area contributed by atoms with Crippen molar-refractivity contribution in [2.24, 2.45) is 0 Å². The molecule has 1 aromatic heterocycles. The zero-order chi connectivity index (χ0) is 11.1. The summed E-state index contributed by atoms with van der Waals surface area (Å²) < 4.78 is 36.8. The van der Waals surface area contributed by atoms with E-state index in [1.807, 2.05) is 0 Å². The lowest BCUT2D eigenvalue weighted by Gasteiger charge is -2.17. The third-order valence-corrected chi connectivity index (χ3v) is 2.13. The molecule has 0 aliphatic carbocycles. The van der Waals surface area contributed by atoms with Gasteiger partial charge >= 0.3 is 6.18 Å². The maximum Gasteiger partial charge on any atom is 0.433 e. The van der Waals surface area contributed by atoms with E-state index >= 15 is 0 Å². The smallest absolute Gasteiger partial charge is 0.369 e. The molecule has 1 N–H and O–H groups in total. The molecule has 80 valence electrons. The number of carbonyl (C=O) groups excluding carboxylic acids is 1. The van der Waals surface area contributed by atoms with Crippen LogP contribution in [-0.4, -0.2) is 17.3 Å². The van der Waals surface area contributed by atoms with Crippen LogP contribution < -0.4 is 5.32 Å². The first-order valence-electron chi connectivity index (χ1n) is 4.34. The summed E-state index contributed by atoms with van der Waals surface area (Å²) in [7, 11) is 0.